The van der Waals surface area contributed by atoms with Gasteiger partial charge in [0.2, 0.25) is 0 Å². The summed E-state index contributed by atoms with van der Waals surface area (Å²) in [6.07, 6.45) is -0.159. The van der Waals surface area contributed by atoms with Crippen LogP contribution >= 0.6 is 23.2 Å². The van der Waals surface area contributed by atoms with Crippen molar-refractivity contribution in [3.63, 3.8) is 0 Å². The number of hydrogen-bond donors (Lipinski definition) is 1. The molecule has 2 atom stereocenters. The van der Waals surface area contributed by atoms with Crippen LogP contribution < -0.4 is 0 Å². The Balaban J connectivity index is 3.74. The van der Waals surface area contributed by atoms with Crippen LogP contribution in [0.4, 0.5) is 13.2 Å². The molecule has 7 heteroatoms. The van der Waals surface area contributed by atoms with E-state index in [1.807, 2.05) is 0 Å². The molecule has 0 spiro atoms. The molecule has 1 aromatic rings. The minimum Gasteiger partial charge on any atom is -0.481 e. The number of halogens is 5. The number of hydrogen-bond acceptors (Lipinski definition) is 1. The van der Waals surface area contributed by atoms with Gasteiger partial charge in [0.15, 0.2) is 5.41 Å². The van der Waals surface area contributed by atoms with Crippen LogP contribution in [0.1, 0.15) is 18.9 Å². The predicted molar refractivity (Wildman–Crippen MR) is 74.4 cm³/mol. The van der Waals surface area contributed by atoms with E-state index in [1.165, 1.54) is 13.0 Å². The number of alkyl halides is 3. The summed E-state index contributed by atoms with van der Waals surface area (Å²) in [5.74, 6) is -1.85. The third-order valence-electron chi connectivity index (χ3n) is 3.22. The van der Waals surface area contributed by atoms with Crippen LogP contribution in [0, 0.1) is 18.3 Å². The maximum atomic E-state index is 13.6. The summed E-state index contributed by atoms with van der Waals surface area (Å²) < 4.78 is 40.9. The summed E-state index contributed by atoms with van der Waals surface area (Å²) in [7, 11) is 0. The maximum Gasteiger partial charge on any atom is 0.409 e. The lowest BCUT2D eigenvalue weighted by atomic mass is 9.69. The van der Waals surface area contributed by atoms with Crippen LogP contribution in [0.15, 0.2) is 18.2 Å². The molecular formula is C14H11Cl2F3O2. The normalized spacial score (nSPS) is 15.9. The monoisotopic (exact) mass is 338 g/mol. The largest absolute Gasteiger partial charge is 0.481 e. The average Bonchev–Trinajstić information content (AvgIpc) is 2.32. The zero-order valence-electron chi connectivity index (χ0n) is 10.8. The van der Waals surface area contributed by atoms with E-state index >= 15 is 0 Å². The van der Waals surface area contributed by atoms with Crippen molar-refractivity contribution in [1.29, 1.82) is 0 Å². The molecule has 0 saturated carbocycles. The molecule has 2 nitrogen and oxygen atoms in total. The zero-order chi connectivity index (χ0) is 16.4. The quantitative estimate of drug-likeness (QED) is 0.818. The Kier molecular flexibility index (Phi) is 5.19. The second-order valence-electron chi connectivity index (χ2n) is 4.41. The molecule has 0 radical (unpaired) electrons. The maximum absolute atomic E-state index is 13.6. The summed E-state index contributed by atoms with van der Waals surface area (Å²) in [5.41, 5.74) is -3.45. The number of aliphatic carboxylic acids is 1. The van der Waals surface area contributed by atoms with Gasteiger partial charge in [0.05, 0.1) is 5.92 Å². The van der Waals surface area contributed by atoms with Crippen molar-refractivity contribution in [2.45, 2.75) is 24.9 Å². The minimum absolute atomic E-state index is 0.0541. The van der Waals surface area contributed by atoms with Crippen molar-refractivity contribution in [2.24, 2.45) is 5.92 Å². The first kappa shape index (κ1) is 17.7. The molecule has 114 valence electrons. The second-order valence-corrected chi connectivity index (χ2v) is 5.28. The molecule has 2 unspecified atom stereocenters. The Hall–Kier alpha value is -1.38. The summed E-state index contributed by atoms with van der Waals surface area (Å²) >= 11 is 11.4. The molecule has 0 fully saturated rings. The number of carboxylic acids is 1. The highest BCUT2D eigenvalue weighted by molar-refractivity contribution is 6.34. The molecule has 1 N–H and O–H groups in total. The number of carboxylic acid groups (broad SMARTS) is 1. The van der Waals surface area contributed by atoms with Gasteiger partial charge in [-0.1, -0.05) is 36.0 Å². The second kappa shape index (κ2) is 6.17. The van der Waals surface area contributed by atoms with Gasteiger partial charge in [-0.2, -0.15) is 13.2 Å². The van der Waals surface area contributed by atoms with Crippen LogP contribution in [0.5, 0.6) is 0 Å². The molecule has 1 rings (SSSR count). The smallest absolute Gasteiger partial charge is 0.409 e. The van der Waals surface area contributed by atoms with Crippen LogP contribution in [0.2, 0.25) is 10.0 Å². The summed E-state index contributed by atoms with van der Waals surface area (Å²) in [6, 6.07) is 3.23. The van der Waals surface area contributed by atoms with E-state index in [1.54, 1.807) is 5.92 Å². The van der Waals surface area contributed by atoms with Gasteiger partial charge >= 0.3 is 12.1 Å². The topological polar surface area (TPSA) is 37.3 Å². The van der Waals surface area contributed by atoms with E-state index in [0.29, 0.717) is 0 Å². The number of carbonyl (C=O) groups is 1. The fourth-order valence-corrected chi connectivity index (χ4v) is 2.80. The van der Waals surface area contributed by atoms with Crippen molar-refractivity contribution in [2.75, 3.05) is 0 Å². The lowest BCUT2D eigenvalue weighted by Gasteiger charge is -2.36. The Bertz CT molecular complexity index is 573. The Morgan fingerprint density at radius 2 is 1.81 bits per heavy atom. The Morgan fingerprint density at radius 1 is 1.33 bits per heavy atom. The van der Waals surface area contributed by atoms with Gasteiger partial charge in [0.1, 0.15) is 0 Å². The summed E-state index contributed by atoms with van der Waals surface area (Å²) in [5, 5.41) is 9.03. The number of rotatable bonds is 4. The Morgan fingerprint density at radius 3 is 2.10 bits per heavy atom. The number of terminal acetylenes is 1. The van der Waals surface area contributed by atoms with Gasteiger partial charge in [-0.25, -0.2) is 0 Å². The molecule has 0 heterocycles. The fraction of sp³-hybridized carbons (Fsp3) is 0.357. The highest BCUT2D eigenvalue weighted by Gasteiger charge is 2.61. The molecule has 0 bridgehead atoms. The van der Waals surface area contributed by atoms with E-state index in [4.69, 9.17) is 34.7 Å². The minimum atomic E-state index is -4.98. The van der Waals surface area contributed by atoms with E-state index in [2.05, 4.69) is 0 Å². The first-order chi connectivity index (χ1) is 9.60. The standard InChI is InChI=1S/C14H11Cl2F3O2/c1-3-11(12(20)21)13(4-2,14(17,18)19)8-5-9(15)7-10(16)6-8/h2,5-7,11H,3H2,1H3,(H,20,21). The highest BCUT2D eigenvalue weighted by atomic mass is 35.5. The van der Waals surface area contributed by atoms with E-state index in [9.17, 15) is 18.0 Å². The fourth-order valence-electron chi connectivity index (χ4n) is 2.28. The third-order valence-corrected chi connectivity index (χ3v) is 3.66. The highest BCUT2D eigenvalue weighted by Crippen LogP contribution is 2.48. The van der Waals surface area contributed by atoms with Gasteiger partial charge in [-0.3, -0.25) is 4.79 Å². The van der Waals surface area contributed by atoms with Gasteiger partial charge in [-0.05, 0) is 30.2 Å². The molecule has 21 heavy (non-hydrogen) atoms. The summed E-state index contributed by atoms with van der Waals surface area (Å²) in [6.45, 7) is 1.32. The zero-order valence-corrected chi connectivity index (χ0v) is 12.4. The lowest BCUT2D eigenvalue weighted by Crippen LogP contribution is -2.50. The summed E-state index contributed by atoms with van der Waals surface area (Å²) in [4.78, 5) is 11.3. The van der Waals surface area contributed by atoms with Gasteiger partial charge < -0.3 is 5.11 Å². The first-order valence-corrected chi connectivity index (χ1v) is 6.59. The SMILES string of the molecule is C#CC(c1cc(Cl)cc(Cl)c1)(C(CC)C(=O)O)C(F)(F)F. The Labute approximate surface area is 129 Å². The van der Waals surface area contributed by atoms with E-state index in [0.717, 1.165) is 12.1 Å². The molecule has 0 aromatic heterocycles. The van der Waals surface area contributed by atoms with E-state index in [-0.39, 0.29) is 16.5 Å². The molecule has 0 aliphatic carbocycles. The molecule has 0 saturated heterocycles. The van der Waals surface area contributed by atoms with Crippen molar-refractivity contribution >= 4 is 29.2 Å². The van der Waals surface area contributed by atoms with Crippen LogP contribution in [-0.4, -0.2) is 17.3 Å². The van der Waals surface area contributed by atoms with Crippen molar-refractivity contribution < 1.29 is 23.1 Å². The van der Waals surface area contributed by atoms with Crippen LogP contribution in [0.3, 0.4) is 0 Å². The van der Waals surface area contributed by atoms with Crippen molar-refractivity contribution in [3.05, 3.63) is 33.8 Å². The van der Waals surface area contributed by atoms with Crippen LogP contribution in [0.25, 0.3) is 0 Å². The number of benzene rings is 1. The predicted octanol–water partition coefficient (Wildman–Crippen LogP) is 4.54. The van der Waals surface area contributed by atoms with Gasteiger partial charge in [0, 0.05) is 10.0 Å². The van der Waals surface area contributed by atoms with Crippen LogP contribution in [-0.2, 0) is 10.2 Å². The first-order valence-electron chi connectivity index (χ1n) is 5.84. The van der Waals surface area contributed by atoms with Gasteiger partial charge in [0.25, 0.3) is 0 Å². The van der Waals surface area contributed by atoms with Crippen molar-refractivity contribution in [3.8, 4) is 12.3 Å². The molecule has 0 amide bonds. The van der Waals surface area contributed by atoms with E-state index < -0.39 is 29.0 Å². The lowest BCUT2D eigenvalue weighted by molar-refractivity contribution is -0.195. The molecule has 0 aliphatic rings. The molecule has 0 aliphatic heterocycles. The molecular weight excluding hydrogens is 328 g/mol. The third kappa shape index (κ3) is 3.12. The van der Waals surface area contributed by atoms with Gasteiger partial charge in [-0.15, -0.1) is 6.42 Å². The average molecular weight is 339 g/mol. The molecule has 1 aromatic carbocycles. The van der Waals surface area contributed by atoms with Crippen molar-refractivity contribution in [1.82, 2.24) is 0 Å².